The molecule has 146 valence electrons. The molecule has 1 unspecified atom stereocenters. The van der Waals surface area contributed by atoms with E-state index in [-0.39, 0.29) is 40.3 Å². The van der Waals surface area contributed by atoms with Gasteiger partial charge in [-0.25, -0.2) is 8.42 Å². The topological polar surface area (TPSA) is 115 Å². The van der Waals surface area contributed by atoms with Gasteiger partial charge in [0.25, 0.3) is 5.91 Å². The number of amides is 1. The van der Waals surface area contributed by atoms with Crippen molar-refractivity contribution in [2.75, 3.05) is 5.01 Å². The number of carbonyl (C=O) groups excluding carboxylic acids is 1. The molecule has 1 aliphatic rings. The second kappa shape index (κ2) is 9.22. The van der Waals surface area contributed by atoms with Crippen molar-refractivity contribution in [2.24, 2.45) is 15.3 Å². The summed E-state index contributed by atoms with van der Waals surface area (Å²) < 4.78 is 33.7. The van der Waals surface area contributed by atoms with Gasteiger partial charge in [-0.05, 0) is 43.7 Å². The quantitative estimate of drug-likeness (QED) is 0.384. The third-order valence-electron chi connectivity index (χ3n) is 3.96. The number of nitrogens with zero attached hydrogens (tertiary/aromatic N) is 4. The number of carbonyl (C=O) groups is 1. The van der Waals surface area contributed by atoms with Crippen LogP contribution < -0.4 is 34.6 Å². The number of rotatable bonds is 4. The Morgan fingerprint density at radius 2 is 1.79 bits per heavy atom. The predicted octanol–water partition coefficient (Wildman–Crippen LogP) is 1.08. The summed E-state index contributed by atoms with van der Waals surface area (Å²) in [5.74, 6) is -0.518. The van der Waals surface area contributed by atoms with Crippen LogP contribution in [0.4, 0.5) is 11.4 Å². The number of hydrazone groups is 1. The summed E-state index contributed by atoms with van der Waals surface area (Å²) in [6.07, 6.45) is 0. The maximum absolute atomic E-state index is 12.8. The van der Waals surface area contributed by atoms with Crippen molar-refractivity contribution in [3.8, 4) is 0 Å². The van der Waals surface area contributed by atoms with Crippen LogP contribution in [-0.2, 0) is 14.9 Å². The SMILES string of the molecule is CC1=NN(c2c(C)cc(S(=O)(=O)[O-])cc2Cl)C(=O)C1N=Nc1ccccc1Cl.[Na+]. The van der Waals surface area contributed by atoms with Crippen LogP contribution in [0.3, 0.4) is 0 Å². The van der Waals surface area contributed by atoms with Gasteiger partial charge in [0.15, 0.2) is 6.04 Å². The zero-order valence-corrected chi connectivity index (χ0v) is 20.0. The van der Waals surface area contributed by atoms with Gasteiger partial charge in [-0.15, -0.1) is 0 Å². The maximum atomic E-state index is 12.8. The standard InChI is InChI=1S/C17H14Cl2N4O4S.Na/c1-9-7-11(28(25,26)27)8-13(19)16(9)23-17(24)15(10(2)22-23)21-20-14-6-4-3-5-12(14)18;/h3-8,15H,1-2H3,(H,25,26,27);/q;+1/p-1. The first-order valence-electron chi connectivity index (χ1n) is 7.90. The number of hydrogen-bond acceptors (Lipinski definition) is 7. The molecule has 1 aliphatic heterocycles. The van der Waals surface area contributed by atoms with Crippen molar-refractivity contribution in [2.45, 2.75) is 24.8 Å². The second-order valence-corrected chi connectivity index (χ2v) is 8.18. The first-order chi connectivity index (χ1) is 13.1. The van der Waals surface area contributed by atoms with E-state index in [9.17, 15) is 17.8 Å². The van der Waals surface area contributed by atoms with Crippen LogP contribution in [0.25, 0.3) is 0 Å². The molecule has 1 amide bonds. The molecule has 0 radical (unpaired) electrons. The Balaban J connectivity index is 0.00000300. The molecule has 0 aromatic heterocycles. The molecule has 1 atom stereocenters. The van der Waals surface area contributed by atoms with E-state index in [1.807, 2.05) is 0 Å². The first-order valence-corrected chi connectivity index (χ1v) is 10.1. The minimum Gasteiger partial charge on any atom is -0.744 e. The second-order valence-electron chi connectivity index (χ2n) is 5.99. The van der Waals surface area contributed by atoms with E-state index >= 15 is 0 Å². The molecule has 2 aromatic rings. The third-order valence-corrected chi connectivity index (χ3v) is 5.38. The van der Waals surface area contributed by atoms with E-state index in [0.717, 1.165) is 17.1 Å². The van der Waals surface area contributed by atoms with Crippen molar-refractivity contribution < 1.29 is 47.3 Å². The summed E-state index contributed by atoms with van der Waals surface area (Å²) in [7, 11) is -4.69. The summed E-state index contributed by atoms with van der Waals surface area (Å²) in [6, 6.07) is 7.93. The average molecular weight is 463 g/mol. The van der Waals surface area contributed by atoms with Gasteiger partial charge in [-0.3, -0.25) is 4.79 Å². The molecule has 0 bridgehead atoms. The van der Waals surface area contributed by atoms with E-state index in [4.69, 9.17) is 23.2 Å². The monoisotopic (exact) mass is 462 g/mol. The van der Waals surface area contributed by atoms with Gasteiger partial charge in [-0.2, -0.15) is 20.3 Å². The molecule has 0 saturated carbocycles. The Bertz CT molecular complexity index is 1110. The number of aryl methyl sites for hydroxylation is 1. The van der Waals surface area contributed by atoms with Crippen LogP contribution in [0, 0.1) is 6.92 Å². The van der Waals surface area contributed by atoms with Gasteiger partial charge in [0.05, 0.1) is 26.3 Å². The molecular weight excluding hydrogens is 450 g/mol. The summed E-state index contributed by atoms with van der Waals surface area (Å²) in [6.45, 7) is 3.13. The van der Waals surface area contributed by atoms with E-state index in [1.54, 1.807) is 31.2 Å². The van der Waals surface area contributed by atoms with Gasteiger partial charge < -0.3 is 4.55 Å². The van der Waals surface area contributed by atoms with Crippen LogP contribution in [0.5, 0.6) is 0 Å². The Morgan fingerprint density at radius 3 is 2.38 bits per heavy atom. The van der Waals surface area contributed by atoms with E-state index in [0.29, 0.717) is 22.0 Å². The van der Waals surface area contributed by atoms with Crippen LogP contribution in [0.1, 0.15) is 12.5 Å². The number of halogens is 2. The van der Waals surface area contributed by atoms with Crippen molar-refractivity contribution in [3.63, 3.8) is 0 Å². The molecule has 0 saturated heterocycles. The first kappa shape index (κ1) is 23.9. The van der Waals surface area contributed by atoms with Crippen molar-refractivity contribution >= 4 is 56.3 Å². The minimum atomic E-state index is -4.69. The van der Waals surface area contributed by atoms with E-state index in [2.05, 4.69) is 15.3 Å². The maximum Gasteiger partial charge on any atom is 1.00 e. The third kappa shape index (κ3) is 5.05. The van der Waals surface area contributed by atoms with Gasteiger partial charge >= 0.3 is 29.6 Å². The van der Waals surface area contributed by atoms with Crippen molar-refractivity contribution in [1.29, 1.82) is 0 Å². The van der Waals surface area contributed by atoms with Gasteiger partial charge in [0.1, 0.15) is 15.8 Å². The number of hydrogen-bond donors (Lipinski definition) is 0. The average Bonchev–Trinajstić information content (AvgIpc) is 2.87. The molecule has 3 rings (SSSR count). The fraction of sp³-hybridized carbons (Fsp3) is 0.176. The number of anilines is 1. The largest absolute Gasteiger partial charge is 1.00 e. The molecule has 0 spiro atoms. The molecule has 29 heavy (non-hydrogen) atoms. The van der Waals surface area contributed by atoms with E-state index in [1.165, 1.54) is 6.92 Å². The van der Waals surface area contributed by atoms with Gasteiger partial charge in [-0.1, -0.05) is 35.3 Å². The van der Waals surface area contributed by atoms with Crippen LogP contribution in [0.2, 0.25) is 10.0 Å². The Labute approximate surface area is 199 Å². The Kier molecular flexibility index (Phi) is 7.61. The molecule has 1 heterocycles. The zero-order valence-electron chi connectivity index (χ0n) is 15.6. The normalized spacial score (nSPS) is 16.9. The zero-order chi connectivity index (χ0) is 20.6. The van der Waals surface area contributed by atoms with Crippen LogP contribution >= 0.6 is 23.2 Å². The molecule has 0 fully saturated rings. The Morgan fingerprint density at radius 1 is 1.14 bits per heavy atom. The summed E-state index contributed by atoms with van der Waals surface area (Å²) in [4.78, 5) is 12.3. The molecule has 8 nitrogen and oxygen atoms in total. The minimum absolute atomic E-state index is 0. The van der Waals surface area contributed by atoms with Crippen molar-refractivity contribution in [3.05, 3.63) is 52.0 Å². The molecular formula is C17H13Cl2N4NaO4S. The summed E-state index contributed by atoms with van der Waals surface area (Å²) in [5.41, 5.74) is 1.25. The van der Waals surface area contributed by atoms with Crippen molar-refractivity contribution in [1.82, 2.24) is 0 Å². The Hall–Kier alpha value is -1.33. The van der Waals surface area contributed by atoms with Gasteiger partial charge in [0, 0.05) is 0 Å². The fourth-order valence-electron chi connectivity index (χ4n) is 2.62. The molecule has 0 aliphatic carbocycles. The summed E-state index contributed by atoms with van der Waals surface area (Å²) >= 11 is 12.2. The predicted molar refractivity (Wildman–Crippen MR) is 105 cm³/mol. The smallest absolute Gasteiger partial charge is 0.744 e. The molecule has 12 heteroatoms. The molecule has 2 aromatic carbocycles. The van der Waals surface area contributed by atoms with Crippen LogP contribution in [0.15, 0.2) is 56.6 Å². The van der Waals surface area contributed by atoms with E-state index < -0.39 is 27.0 Å². The molecule has 0 N–H and O–H groups in total. The number of benzene rings is 2. The van der Waals surface area contributed by atoms with Crippen LogP contribution in [-0.4, -0.2) is 30.6 Å². The number of azo groups is 1. The van der Waals surface area contributed by atoms with Gasteiger partial charge in [0.2, 0.25) is 0 Å². The summed E-state index contributed by atoms with van der Waals surface area (Å²) in [5, 5.41) is 13.6. The fourth-order valence-corrected chi connectivity index (χ4v) is 3.79.